The number of alkyl halides is 3. The molecular formula is CHCl3. The fourth-order valence-corrected chi connectivity index (χ4v) is 0. The van der Waals surface area contributed by atoms with Gasteiger partial charge in [0.05, 0.1) is 0 Å². The predicted molar refractivity (Wildman–Crippen MR) is 21.3 cm³/mol. The maximum atomic E-state index is 4.81. The van der Waals surface area contributed by atoms with Gasteiger partial charge in [0.15, 0.2) is 4.30 Å². The van der Waals surface area contributed by atoms with Crippen molar-refractivity contribution < 1.29 is 0 Å². The molecular weight excluding hydrogens is 119 g/mol. The van der Waals surface area contributed by atoms with Crippen molar-refractivity contribution in [2.24, 2.45) is 0 Å². The summed E-state index contributed by atoms with van der Waals surface area (Å²) in [5, 5.41) is 0. The second-order valence-corrected chi connectivity index (χ2v) is 2.23. The van der Waals surface area contributed by atoms with E-state index in [1.165, 1.54) is 0 Å². The molecule has 0 saturated carbocycles. The molecule has 0 radical (unpaired) electrons. The Balaban J connectivity index is 2.32. The molecule has 0 aliphatic rings. The van der Waals surface area contributed by atoms with Gasteiger partial charge in [0.2, 0.25) is 0 Å². The van der Waals surface area contributed by atoms with Crippen molar-refractivity contribution in [1.29, 1.82) is 0 Å². The minimum Gasteiger partial charge on any atom is -0.0874 e. The average molecular weight is 120 g/mol. The summed E-state index contributed by atoms with van der Waals surface area (Å²) in [7, 11) is 0. The zero-order valence-electron chi connectivity index (χ0n) is 1.71. The molecule has 0 spiro atoms. The van der Waals surface area contributed by atoms with E-state index < -0.39 is 4.30 Å². The van der Waals surface area contributed by atoms with E-state index in [4.69, 9.17) is 34.8 Å². The summed E-state index contributed by atoms with van der Waals surface area (Å²) >= 11 is 14.4. The Morgan fingerprint density at radius 3 is 1.00 bits per heavy atom. The molecule has 0 aromatic heterocycles. The average Bonchev–Trinajstić information content (AvgIpc) is 0.811. The van der Waals surface area contributed by atoms with Gasteiger partial charge in [-0.05, 0) is 0 Å². The van der Waals surface area contributed by atoms with Gasteiger partial charge >= 0.3 is 0 Å². The number of halogens is 3. The zero-order valence-corrected chi connectivity index (χ0v) is 3.98. The first-order valence-corrected chi connectivity index (χ1v) is 1.96. The van der Waals surface area contributed by atoms with Crippen LogP contribution in [0.2, 0.25) is 0 Å². The maximum absolute atomic E-state index is 4.81. The summed E-state index contributed by atoms with van der Waals surface area (Å²) in [6, 6.07) is 0. The van der Waals surface area contributed by atoms with Crippen molar-refractivity contribution in [3.05, 3.63) is 0 Å². The highest BCUT2D eigenvalue weighted by atomic mass is 35.6. The monoisotopic (exact) mass is 119 g/mol. The molecule has 0 atom stereocenters. The molecule has 0 aliphatic heterocycles. The Hall–Kier alpha value is 0.870. The quantitative estimate of drug-likeness (QED) is 0.339. The molecule has 0 aliphatic carbocycles. The van der Waals surface area contributed by atoms with Crippen molar-refractivity contribution in [3.8, 4) is 0 Å². The first-order chi connectivity index (χ1) is 1.73. The summed E-state index contributed by atoms with van der Waals surface area (Å²) in [5.74, 6) is 0. The van der Waals surface area contributed by atoms with Crippen LogP contribution >= 0.6 is 34.8 Å². The van der Waals surface area contributed by atoms with E-state index in [-0.39, 0.29) is 0 Å². The smallest absolute Gasteiger partial charge is 0.0874 e. The first kappa shape index (κ1) is 4.87. The van der Waals surface area contributed by atoms with Crippen molar-refractivity contribution >= 4 is 34.8 Å². The van der Waals surface area contributed by atoms with Gasteiger partial charge in [0.25, 0.3) is 0 Å². The predicted octanol–water partition coefficient (Wildman–Crippen LogP) is 1.99. The van der Waals surface area contributed by atoms with Gasteiger partial charge in [0.1, 0.15) is 0 Å². The second kappa shape index (κ2) is 2.13. The van der Waals surface area contributed by atoms with Crippen LogP contribution < -0.4 is 0 Å². The van der Waals surface area contributed by atoms with E-state index in [1.807, 2.05) is 0 Å². The second-order valence-electron chi connectivity index (χ2n) is 0.247. The highest BCUT2D eigenvalue weighted by Crippen LogP contribution is 2.03. The van der Waals surface area contributed by atoms with E-state index in [2.05, 4.69) is 0 Å². The van der Waals surface area contributed by atoms with Crippen LogP contribution in [0.5, 0.6) is 0 Å². The van der Waals surface area contributed by atoms with Crippen LogP contribution in [-0.4, -0.2) is 4.30 Å². The summed E-state index contributed by atoms with van der Waals surface area (Å²) < 4.78 is -0.750. The molecule has 0 unspecified atom stereocenters. The van der Waals surface area contributed by atoms with Crippen LogP contribution in [0.1, 0.15) is 0 Å². The molecule has 0 nitrogen and oxygen atoms in total. The third-order valence-corrected chi connectivity index (χ3v) is 0. The summed E-state index contributed by atoms with van der Waals surface area (Å²) in [6.07, 6.45) is 0. The molecule has 0 fully saturated rings. The Morgan fingerprint density at radius 2 is 1.00 bits per heavy atom. The standard InChI is InChI=1S/CHCl3/c2-1(3)4/h1H/i1+1. The van der Waals surface area contributed by atoms with Gasteiger partial charge in [-0.3, -0.25) is 0 Å². The summed E-state index contributed by atoms with van der Waals surface area (Å²) in [6.45, 7) is 0. The van der Waals surface area contributed by atoms with Crippen LogP contribution in [0.4, 0.5) is 0 Å². The largest absolute Gasteiger partial charge is 0.180 e. The fraction of sp³-hybridized carbons (Fsp3) is 1.00. The summed E-state index contributed by atoms with van der Waals surface area (Å²) in [5.41, 5.74) is 0. The van der Waals surface area contributed by atoms with E-state index >= 15 is 0 Å². The Kier molecular flexibility index (Phi) is 2.59. The molecule has 3 heteroatoms. The molecule has 0 aromatic rings. The van der Waals surface area contributed by atoms with Crippen molar-refractivity contribution in [2.45, 2.75) is 4.30 Å². The summed E-state index contributed by atoms with van der Waals surface area (Å²) in [4.78, 5) is 0. The Morgan fingerprint density at radius 1 is 1.00 bits per heavy atom. The molecule has 0 aromatic carbocycles. The van der Waals surface area contributed by atoms with Gasteiger partial charge in [-0.15, -0.1) is 0 Å². The minimum absolute atomic E-state index is 0.750. The zero-order chi connectivity index (χ0) is 3.58. The third-order valence-electron chi connectivity index (χ3n) is 0. The molecule has 0 amide bonds. The van der Waals surface area contributed by atoms with Crippen LogP contribution in [0.15, 0.2) is 0 Å². The fourth-order valence-electron chi connectivity index (χ4n) is 0. The van der Waals surface area contributed by atoms with Crippen LogP contribution in [0.3, 0.4) is 0 Å². The van der Waals surface area contributed by atoms with Crippen LogP contribution in [0, 0.1) is 0 Å². The SMILES string of the molecule is Cl[13CH](Cl)Cl. The normalized spacial score (nSPS) is 9.00. The lowest BCUT2D eigenvalue weighted by Crippen LogP contribution is -1.55. The maximum Gasteiger partial charge on any atom is 0.180 e. The molecule has 0 heterocycles. The van der Waals surface area contributed by atoms with Gasteiger partial charge in [-0.2, -0.15) is 0 Å². The van der Waals surface area contributed by atoms with E-state index in [0.717, 1.165) is 0 Å². The first-order valence-electron chi connectivity index (χ1n) is 0.655. The Bertz CT molecular complexity index is 8.00. The van der Waals surface area contributed by atoms with Gasteiger partial charge in [-0.1, -0.05) is 34.8 Å². The molecule has 0 bridgehead atoms. The van der Waals surface area contributed by atoms with E-state index in [1.54, 1.807) is 0 Å². The van der Waals surface area contributed by atoms with Crippen molar-refractivity contribution in [2.75, 3.05) is 0 Å². The topological polar surface area (TPSA) is 0 Å². The van der Waals surface area contributed by atoms with Gasteiger partial charge < -0.3 is 0 Å². The number of hydrogen-bond acceptors (Lipinski definition) is 0. The third kappa shape index (κ3) is 13.3. The molecule has 0 N–H and O–H groups in total. The van der Waals surface area contributed by atoms with Crippen molar-refractivity contribution in [1.82, 2.24) is 0 Å². The minimum atomic E-state index is -0.750. The van der Waals surface area contributed by atoms with Crippen molar-refractivity contribution in [3.63, 3.8) is 0 Å². The molecule has 26 valence electrons. The van der Waals surface area contributed by atoms with Gasteiger partial charge in [-0.25, -0.2) is 0 Å². The lowest BCUT2D eigenvalue weighted by Gasteiger charge is -1.69. The highest BCUT2D eigenvalue weighted by Gasteiger charge is 1.78. The molecule has 0 rings (SSSR count). The molecule has 0 saturated heterocycles. The number of rotatable bonds is 0. The lowest BCUT2D eigenvalue weighted by atomic mass is 12.9. The van der Waals surface area contributed by atoms with E-state index in [0.29, 0.717) is 0 Å². The Labute approximate surface area is 39.6 Å². The van der Waals surface area contributed by atoms with Crippen LogP contribution in [-0.2, 0) is 0 Å². The van der Waals surface area contributed by atoms with E-state index in [9.17, 15) is 0 Å². The number of hydrogen-bond donors (Lipinski definition) is 0. The van der Waals surface area contributed by atoms with Gasteiger partial charge in [0, 0.05) is 0 Å². The van der Waals surface area contributed by atoms with Crippen LogP contribution in [0.25, 0.3) is 0 Å². The highest BCUT2D eigenvalue weighted by molar-refractivity contribution is 6.63. The lowest BCUT2D eigenvalue weighted by molar-refractivity contribution is 1.96. The molecule has 4 heavy (non-hydrogen) atoms.